The average Bonchev–Trinajstić information content (AvgIpc) is 2.72. The highest BCUT2D eigenvalue weighted by Gasteiger charge is 2.37. The van der Waals surface area contributed by atoms with Gasteiger partial charge in [-0.15, -0.1) is 0 Å². The average molecular weight is 389 g/mol. The Morgan fingerprint density at radius 2 is 1.68 bits per heavy atom. The Kier molecular flexibility index (Phi) is 5.67. The van der Waals surface area contributed by atoms with Gasteiger partial charge in [-0.25, -0.2) is 4.39 Å². The van der Waals surface area contributed by atoms with Gasteiger partial charge in [0.25, 0.3) is 5.91 Å². The molecule has 3 rings (SSSR count). The number of hydrogen-bond acceptors (Lipinski definition) is 3. The van der Waals surface area contributed by atoms with E-state index in [1.165, 1.54) is 61.1 Å². The Hall–Kier alpha value is -3.29. The summed E-state index contributed by atoms with van der Waals surface area (Å²) in [4.78, 5) is 20.3. The number of halogens is 4. The van der Waals surface area contributed by atoms with Crippen LogP contribution >= 0.6 is 0 Å². The van der Waals surface area contributed by atoms with Crippen LogP contribution in [0.2, 0.25) is 0 Å². The zero-order chi connectivity index (χ0) is 20.1. The number of carbonyl (C=O) groups excluding carboxylic acids is 1. The fourth-order valence-corrected chi connectivity index (χ4v) is 2.71. The third-order valence-electron chi connectivity index (χ3n) is 4.10. The van der Waals surface area contributed by atoms with Crippen molar-refractivity contribution < 1.29 is 22.4 Å². The van der Waals surface area contributed by atoms with Gasteiger partial charge in [-0.3, -0.25) is 14.8 Å². The molecule has 3 aromatic rings. The van der Waals surface area contributed by atoms with Crippen LogP contribution in [0.3, 0.4) is 0 Å². The number of nitrogens with one attached hydrogen (secondary N) is 1. The molecule has 0 aliphatic heterocycles. The smallest absolute Gasteiger partial charge is 0.340 e. The fraction of sp³-hybridized carbons (Fsp3) is 0.150. The van der Waals surface area contributed by atoms with E-state index in [-0.39, 0.29) is 11.3 Å². The first-order chi connectivity index (χ1) is 13.4. The molecule has 0 bridgehead atoms. The van der Waals surface area contributed by atoms with Crippen molar-refractivity contribution in [1.82, 2.24) is 15.3 Å². The van der Waals surface area contributed by atoms with E-state index in [1.54, 1.807) is 0 Å². The molecule has 8 heteroatoms. The van der Waals surface area contributed by atoms with Crippen LogP contribution in [0.4, 0.5) is 17.6 Å². The lowest BCUT2D eigenvalue weighted by molar-refractivity contribution is -0.138. The molecule has 0 aliphatic rings. The largest absolute Gasteiger partial charge is 0.418 e. The van der Waals surface area contributed by atoms with E-state index in [4.69, 9.17) is 0 Å². The summed E-state index contributed by atoms with van der Waals surface area (Å²) in [5, 5.41) is 2.59. The van der Waals surface area contributed by atoms with E-state index in [1.807, 2.05) is 0 Å². The number of amides is 1. The van der Waals surface area contributed by atoms with Gasteiger partial charge in [-0.1, -0.05) is 24.3 Å². The normalized spacial score (nSPS) is 12.4. The highest BCUT2D eigenvalue weighted by Crippen LogP contribution is 2.35. The highest BCUT2D eigenvalue weighted by molar-refractivity contribution is 5.94. The van der Waals surface area contributed by atoms with Crippen molar-refractivity contribution in [3.63, 3.8) is 0 Å². The molecular weight excluding hydrogens is 374 g/mol. The summed E-state index contributed by atoms with van der Waals surface area (Å²) >= 11 is 0. The third-order valence-corrected chi connectivity index (χ3v) is 4.10. The highest BCUT2D eigenvalue weighted by atomic mass is 19.4. The van der Waals surface area contributed by atoms with Gasteiger partial charge in [-0.2, -0.15) is 13.2 Å². The van der Waals surface area contributed by atoms with E-state index in [2.05, 4.69) is 15.3 Å². The number of benzene rings is 1. The summed E-state index contributed by atoms with van der Waals surface area (Å²) in [6.07, 6.45) is -0.613. The van der Waals surface area contributed by atoms with Gasteiger partial charge in [0.05, 0.1) is 17.3 Å². The molecule has 4 nitrogen and oxygen atoms in total. The summed E-state index contributed by atoms with van der Waals surface area (Å²) < 4.78 is 53.3. The summed E-state index contributed by atoms with van der Waals surface area (Å²) in [6.45, 7) is -0.703. The summed E-state index contributed by atoms with van der Waals surface area (Å²) in [5.74, 6) is -0.583. The quantitative estimate of drug-likeness (QED) is 0.655. The molecule has 0 fully saturated rings. The number of hydrogen-bond donors (Lipinski definition) is 1. The first-order valence-corrected chi connectivity index (χ1v) is 8.28. The third kappa shape index (κ3) is 4.33. The van der Waals surface area contributed by atoms with Crippen LogP contribution in [0, 0.1) is 0 Å². The van der Waals surface area contributed by atoms with Crippen LogP contribution in [0.5, 0.6) is 0 Å². The Bertz CT molecular complexity index is 944. The van der Waals surface area contributed by atoms with Gasteiger partial charge in [0, 0.05) is 24.2 Å². The lowest BCUT2D eigenvalue weighted by Crippen LogP contribution is -2.31. The van der Waals surface area contributed by atoms with Gasteiger partial charge in [0.2, 0.25) is 0 Å². The van der Waals surface area contributed by atoms with E-state index in [0.29, 0.717) is 11.1 Å². The van der Waals surface area contributed by atoms with Gasteiger partial charge in [-0.05, 0) is 35.4 Å². The summed E-state index contributed by atoms with van der Waals surface area (Å²) in [7, 11) is 0. The molecule has 0 saturated heterocycles. The molecule has 1 atom stereocenters. The van der Waals surface area contributed by atoms with E-state index in [9.17, 15) is 22.4 Å². The van der Waals surface area contributed by atoms with Crippen LogP contribution in [0.25, 0.3) is 0 Å². The maximum absolute atomic E-state index is 13.5. The molecule has 0 radical (unpaired) electrons. The van der Waals surface area contributed by atoms with Crippen LogP contribution in [-0.4, -0.2) is 15.9 Å². The Morgan fingerprint density at radius 3 is 2.29 bits per heavy atom. The van der Waals surface area contributed by atoms with Gasteiger partial charge < -0.3 is 5.32 Å². The Balaban J connectivity index is 2.06. The van der Waals surface area contributed by atoms with Crippen molar-refractivity contribution in [2.24, 2.45) is 0 Å². The summed E-state index contributed by atoms with van der Waals surface area (Å²) in [5.41, 5.74) is -0.330. The maximum Gasteiger partial charge on any atom is 0.418 e. The fourth-order valence-electron chi connectivity index (χ4n) is 2.71. The number of aromatic nitrogens is 2. The predicted molar refractivity (Wildman–Crippen MR) is 94.0 cm³/mol. The van der Waals surface area contributed by atoms with Crippen molar-refractivity contribution in [3.8, 4) is 0 Å². The standard InChI is InChI=1S/C20H15F4N3O/c21-12-13-3-5-14(6-4-13)17(27-19(28)15-7-10-25-11-8-15)18-16(20(22,23)24)2-1-9-26-18/h1-11,17H,12H2,(H,27,28)/t17-/m0/s1. The summed E-state index contributed by atoms with van der Waals surface area (Å²) in [6, 6.07) is 9.66. The molecule has 2 heterocycles. The van der Waals surface area contributed by atoms with Crippen molar-refractivity contribution in [1.29, 1.82) is 0 Å². The van der Waals surface area contributed by atoms with Crippen LogP contribution in [0.15, 0.2) is 67.1 Å². The van der Waals surface area contributed by atoms with Crippen LogP contribution in [0.1, 0.15) is 38.8 Å². The molecule has 1 aromatic carbocycles. The monoisotopic (exact) mass is 389 g/mol. The second kappa shape index (κ2) is 8.16. The topological polar surface area (TPSA) is 54.9 Å². The van der Waals surface area contributed by atoms with E-state index < -0.39 is 30.4 Å². The minimum Gasteiger partial charge on any atom is -0.340 e. The molecule has 0 saturated carbocycles. The number of carbonyl (C=O) groups is 1. The minimum atomic E-state index is -4.65. The molecule has 1 amide bonds. The van der Waals surface area contributed by atoms with E-state index in [0.717, 1.165) is 6.07 Å². The lowest BCUT2D eigenvalue weighted by Gasteiger charge is -2.22. The molecule has 0 unspecified atom stereocenters. The van der Waals surface area contributed by atoms with Crippen molar-refractivity contribution >= 4 is 5.91 Å². The van der Waals surface area contributed by atoms with Gasteiger partial charge in [0.1, 0.15) is 6.67 Å². The number of nitrogens with zero attached hydrogens (tertiary/aromatic N) is 2. The first-order valence-electron chi connectivity index (χ1n) is 8.28. The van der Waals surface area contributed by atoms with Crippen molar-refractivity contribution in [2.75, 3.05) is 0 Å². The lowest BCUT2D eigenvalue weighted by atomic mass is 9.97. The van der Waals surface area contributed by atoms with Gasteiger partial charge >= 0.3 is 6.18 Å². The predicted octanol–water partition coefficient (Wildman–Crippen LogP) is 4.48. The molecule has 2 aromatic heterocycles. The molecule has 1 N–H and O–H groups in total. The van der Waals surface area contributed by atoms with Crippen LogP contribution in [-0.2, 0) is 12.9 Å². The number of alkyl halides is 4. The van der Waals surface area contributed by atoms with Crippen molar-refractivity contribution in [3.05, 3.63) is 95.1 Å². The number of rotatable bonds is 5. The molecule has 0 aliphatic carbocycles. The van der Waals surface area contributed by atoms with Gasteiger partial charge in [0.15, 0.2) is 0 Å². The first kappa shape index (κ1) is 19.5. The SMILES string of the molecule is O=C(N[C@@H](c1ccc(CF)cc1)c1ncccc1C(F)(F)F)c1ccncc1. The number of pyridine rings is 2. The minimum absolute atomic E-state index is 0.241. The second-order valence-electron chi connectivity index (χ2n) is 5.95. The molecule has 28 heavy (non-hydrogen) atoms. The Labute approximate surface area is 158 Å². The maximum atomic E-state index is 13.5. The molecular formula is C20H15F4N3O. The van der Waals surface area contributed by atoms with Crippen LogP contribution < -0.4 is 5.32 Å². The Morgan fingerprint density at radius 1 is 1.00 bits per heavy atom. The molecule has 0 spiro atoms. The van der Waals surface area contributed by atoms with E-state index >= 15 is 0 Å². The zero-order valence-corrected chi connectivity index (χ0v) is 14.4. The second-order valence-corrected chi connectivity index (χ2v) is 5.95. The zero-order valence-electron chi connectivity index (χ0n) is 14.4. The molecule has 144 valence electrons. The van der Waals surface area contributed by atoms with Crippen molar-refractivity contribution in [2.45, 2.75) is 18.9 Å².